The van der Waals surface area contributed by atoms with Crippen molar-refractivity contribution >= 4 is 17.8 Å². The smallest absolute Gasteiger partial charge is 0.244 e. The van der Waals surface area contributed by atoms with Gasteiger partial charge in [-0.3, -0.25) is 9.59 Å². The van der Waals surface area contributed by atoms with Gasteiger partial charge in [0.1, 0.15) is 0 Å². The zero-order chi connectivity index (χ0) is 12.7. The molecule has 17 heavy (non-hydrogen) atoms. The quantitative estimate of drug-likeness (QED) is 0.589. The van der Waals surface area contributed by atoms with E-state index in [0.717, 1.165) is 5.56 Å². The fourth-order valence-electron chi connectivity index (χ4n) is 1.27. The average molecular weight is 233 g/mol. The van der Waals surface area contributed by atoms with Crippen molar-refractivity contribution in [3.8, 4) is 0 Å². The molecule has 0 fully saturated rings. The van der Waals surface area contributed by atoms with Crippen molar-refractivity contribution in [2.24, 2.45) is 0 Å². The number of aliphatic hydroxyl groups is 1. The summed E-state index contributed by atoms with van der Waals surface area (Å²) >= 11 is 0. The Bertz CT molecular complexity index is 438. The maximum absolute atomic E-state index is 11.2. The molecule has 4 nitrogen and oxygen atoms in total. The van der Waals surface area contributed by atoms with Gasteiger partial charge in [-0.15, -0.1) is 0 Å². The number of hydrogen-bond donors (Lipinski definition) is 2. The predicted molar refractivity (Wildman–Crippen MR) is 65.6 cm³/mol. The Hall–Kier alpha value is -1.94. The van der Waals surface area contributed by atoms with Crippen molar-refractivity contribution in [3.05, 3.63) is 41.5 Å². The topological polar surface area (TPSA) is 66.4 Å². The van der Waals surface area contributed by atoms with Crippen molar-refractivity contribution in [1.29, 1.82) is 0 Å². The standard InChI is InChI=1S/C13H15NO3/c1-10(16)12-4-2-3-11(9-12)5-6-13(17)14-7-8-15/h2-6,9,15H,7-8H2,1H3,(H,14,17)/b6-5+. The molecule has 0 heterocycles. The van der Waals surface area contributed by atoms with Gasteiger partial charge in [0.25, 0.3) is 0 Å². The minimum atomic E-state index is -0.271. The molecule has 90 valence electrons. The normalized spacial score (nSPS) is 10.5. The first-order chi connectivity index (χ1) is 8.13. The molecule has 1 rings (SSSR count). The predicted octanol–water partition coefficient (Wildman–Crippen LogP) is 1.01. The summed E-state index contributed by atoms with van der Waals surface area (Å²) in [6.45, 7) is 1.65. The number of carbonyl (C=O) groups excluding carboxylic acids is 2. The number of carbonyl (C=O) groups is 2. The first kappa shape index (κ1) is 13.1. The van der Waals surface area contributed by atoms with Crippen molar-refractivity contribution in [1.82, 2.24) is 5.32 Å². The minimum Gasteiger partial charge on any atom is -0.395 e. The lowest BCUT2D eigenvalue weighted by atomic mass is 10.1. The molecule has 1 amide bonds. The van der Waals surface area contributed by atoms with E-state index in [1.807, 2.05) is 6.07 Å². The summed E-state index contributed by atoms with van der Waals surface area (Å²) < 4.78 is 0. The molecule has 0 radical (unpaired) electrons. The Balaban J connectivity index is 2.68. The number of rotatable bonds is 5. The highest BCUT2D eigenvalue weighted by atomic mass is 16.3. The monoisotopic (exact) mass is 233 g/mol. The lowest BCUT2D eigenvalue weighted by molar-refractivity contribution is -0.116. The van der Waals surface area contributed by atoms with Crippen LogP contribution < -0.4 is 5.32 Å². The van der Waals surface area contributed by atoms with Crippen molar-refractivity contribution in [3.63, 3.8) is 0 Å². The van der Waals surface area contributed by atoms with E-state index in [4.69, 9.17) is 5.11 Å². The highest BCUT2D eigenvalue weighted by Gasteiger charge is 1.99. The maximum atomic E-state index is 11.2. The molecule has 0 aliphatic rings. The van der Waals surface area contributed by atoms with E-state index in [9.17, 15) is 9.59 Å². The molecule has 0 atom stereocenters. The maximum Gasteiger partial charge on any atom is 0.244 e. The zero-order valence-corrected chi connectivity index (χ0v) is 9.64. The molecule has 0 bridgehead atoms. The summed E-state index contributed by atoms with van der Waals surface area (Å²) in [5, 5.41) is 11.0. The highest BCUT2D eigenvalue weighted by molar-refractivity contribution is 5.95. The number of ketones is 1. The van der Waals surface area contributed by atoms with E-state index < -0.39 is 0 Å². The third-order valence-electron chi connectivity index (χ3n) is 2.13. The molecule has 0 aliphatic heterocycles. The van der Waals surface area contributed by atoms with Gasteiger partial charge < -0.3 is 10.4 Å². The van der Waals surface area contributed by atoms with Crippen LogP contribution in [0.5, 0.6) is 0 Å². The van der Waals surface area contributed by atoms with E-state index >= 15 is 0 Å². The zero-order valence-electron chi connectivity index (χ0n) is 9.64. The Morgan fingerprint density at radius 1 is 1.41 bits per heavy atom. The van der Waals surface area contributed by atoms with Gasteiger partial charge in [-0.05, 0) is 24.6 Å². The molecule has 0 aromatic heterocycles. The summed E-state index contributed by atoms with van der Waals surface area (Å²) in [5.41, 5.74) is 1.40. The van der Waals surface area contributed by atoms with Gasteiger partial charge in [0.2, 0.25) is 5.91 Å². The highest BCUT2D eigenvalue weighted by Crippen LogP contribution is 2.07. The molecule has 2 N–H and O–H groups in total. The van der Waals surface area contributed by atoms with E-state index in [2.05, 4.69) is 5.32 Å². The van der Waals surface area contributed by atoms with Crippen molar-refractivity contribution < 1.29 is 14.7 Å². The van der Waals surface area contributed by atoms with Gasteiger partial charge in [0.15, 0.2) is 5.78 Å². The lowest BCUT2D eigenvalue weighted by Gasteiger charge is -1.99. The van der Waals surface area contributed by atoms with Crippen LogP contribution in [0.15, 0.2) is 30.3 Å². The van der Waals surface area contributed by atoms with Crippen LogP contribution in [-0.4, -0.2) is 29.9 Å². The van der Waals surface area contributed by atoms with E-state index in [0.29, 0.717) is 5.56 Å². The summed E-state index contributed by atoms with van der Waals surface area (Å²) in [6.07, 6.45) is 2.99. The largest absolute Gasteiger partial charge is 0.395 e. The van der Waals surface area contributed by atoms with Crippen LogP contribution in [0.4, 0.5) is 0 Å². The summed E-state index contributed by atoms with van der Waals surface area (Å²) in [7, 11) is 0. The summed E-state index contributed by atoms with van der Waals surface area (Å²) in [5.74, 6) is -0.280. The third-order valence-corrected chi connectivity index (χ3v) is 2.13. The number of nitrogens with one attached hydrogen (secondary N) is 1. The van der Waals surface area contributed by atoms with Crippen molar-refractivity contribution in [2.45, 2.75) is 6.92 Å². The fraction of sp³-hybridized carbons (Fsp3) is 0.231. The SMILES string of the molecule is CC(=O)c1cccc(/C=C/C(=O)NCCO)c1. The van der Waals surface area contributed by atoms with Gasteiger partial charge in [-0.1, -0.05) is 18.2 Å². The summed E-state index contributed by atoms with van der Waals surface area (Å²) in [6, 6.07) is 7.02. The number of aliphatic hydroxyl groups excluding tert-OH is 1. The molecule has 0 aliphatic carbocycles. The van der Waals surface area contributed by atoms with Gasteiger partial charge in [0.05, 0.1) is 6.61 Å². The number of Topliss-reactive ketones (excluding diaryl/α,β-unsaturated/α-hetero) is 1. The van der Waals surface area contributed by atoms with Crippen molar-refractivity contribution in [2.75, 3.05) is 13.2 Å². The molecule has 0 saturated heterocycles. The Kier molecular flexibility index (Phi) is 5.10. The Morgan fingerprint density at radius 3 is 2.82 bits per heavy atom. The second-order valence-corrected chi connectivity index (χ2v) is 3.53. The van der Waals surface area contributed by atoms with Crippen LogP contribution in [0.25, 0.3) is 6.08 Å². The minimum absolute atomic E-state index is 0.00928. The van der Waals surface area contributed by atoms with Gasteiger partial charge in [-0.25, -0.2) is 0 Å². The van der Waals surface area contributed by atoms with E-state index in [1.165, 1.54) is 13.0 Å². The molecular weight excluding hydrogens is 218 g/mol. The van der Waals surface area contributed by atoms with Crippen LogP contribution >= 0.6 is 0 Å². The molecule has 0 spiro atoms. The van der Waals surface area contributed by atoms with Crippen LogP contribution in [0.3, 0.4) is 0 Å². The molecular formula is C13H15NO3. The first-order valence-electron chi connectivity index (χ1n) is 5.31. The van der Waals surface area contributed by atoms with E-state index in [-0.39, 0.29) is 24.8 Å². The lowest BCUT2D eigenvalue weighted by Crippen LogP contribution is -2.24. The van der Waals surface area contributed by atoms with Crippen LogP contribution in [0.1, 0.15) is 22.8 Å². The van der Waals surface area contributed by atoms with Gasteiger partial charge in [0, 0.05) is 18.2 Å². The molecule has 4 heteroatoms. The Morgan fingerprint density at radius 2 is 2.18 bits per heavy atom. The Labute approximate surface area is 100.0 Å². The summed E-state index contributed by atoms with van der Waals surface area (Å²) in [4.78, 5) is 22.4. The number of benzene rings is 1. The van der Waals surface area contributed by atoms with Crippen LogP contribution in [-0.2, 0) is 4.79 Å². The van der Waals surface area contributed by atoms with Gasteiger partial charge >= 0.3 is 0 Å². The second-order valence-electron chi connectivity index (χ2n) is 3.53. The molecule has 0 saturated carbocycles. The van der Waals surface area contributed by atoms with E-state index in [1.54, 1.807) is 24.3 Å². The first-order valence-corrected chi connectivity index (χ1v) is 5.31. The fourth-order valence-corrected chi connectivity index (χ4v) is 1.27. The number of hydrogen-bond acceptors (Lipinski definition) is 3. The van der Waals surface area contributed by atoms with Crippen LogP contribution in [0, 0.1) is 0 Å². The second kappa shape index (κ2) is 6.60. The van der Waals surface area contributed by atoms with Gasteiger partial charge in [-0.2, -0.15) is 0 Å². The average Bonchev–Trinajstić information content (AvgIpc) is 2.34. The van der Waals surface area contributed by atoms with Crippen LogP contribution in [0.2, 0.25) is 0 Å². The third kappa shape index (κ3) is 4.61. The molecule has 0 unspecified atom stereocenters. The molecule has 1 aromatic carbocycles. The molecule has 1 aromatic rings. The number of amides is 1.